The number of hydrogen-bond donors (Lipinski definition) is 6. The van der Waals surface area contributed by atoms with E-state index >= 15 is 0 Å². The SMILES string of the molecule is C.CC(=O)NS(=O)(=O)c1c(C)cc(N)c(N)c1C.CC(=O)NS(=O)(=O)c1c(C)cc2[nH]cnc2c1C.CC(=O)NS(=O)(=O)c1c(C)cc2c(c1C)CC=N2.I.I. The Morgan fingerprint density at radius 1 is 0.661 bits per heavy atom. The van der Waals surface area contributed by atoms with Crippen LogP contribution in [-0.2, 0) is 50.9 Å². The third-order valence-corrected chi connectivity index (χ3v) is 13.0. The van der Waals surface area contributed by atoms with Crippen LogP contribution in [0.15, 0.2) is 44.2 Å². The van der Waals surface area contributed by atoms with E-state index in [4.69, 9.17) is 11.5 Å². The molecule has 56 heavy (non-hydrogen) atoms. The van der Waals surface area contributed by atoms with Crippen LogP contribution in [0.3, 0.4) is 0 Å². The van der Waals surface area contributed by atoms with E-state index in [1.807, 2.05) is 14.2 Å². The number of halogens is 2. The van der Waals surface area contributed by atoms with Gasteiger partial charge in [0.2, 0.25) is 17.7 Å². The van der Waals surface area contributed by atoms with E-state index < -0.39 is 47.8 Å². The summed E-state index contributed by atoms with van der Waals surface area (Å²) in [5, 5.41) is 0. The minimum atomic E-state index is -3.90. The van der Waals surface area contributed by atoms with Crippen LogP contribution < -0.4 is 25.6 Å². The lowest BCUT2D eigenvalue weighted by Gasteiger charge is -2.14. The van der Waals surface area contributed by atoms with Crippen molar-refractivity contribution in [2.45, 2.75) is 90.8 Å². The summed E-state index contributed by atoms with van der Waals surface area (Å²) in [6.07, 6.45) is 3.89. The number of nitrogen functional groups attached to an aromatic ring is 2. The molecule has 3 amide bonds. The molecule has 8 N–H and O–H groups in total. The van der Waals surface area contributed by atoms with Gasteiger partial charge in [-0.25, -0.2) is 44.4 Å². The zero-order valence-electron chi connectivity index (χ0n) is 31.4. The first-order valence-corrected chi connectivity index (χ1v) is 20.1. The number of carbonyl (C=O) groups excluding carboxylic acids is 3. The van der Waals surface area contributed by atoms with Crippen molar-refractivity contribution >= 4 is 130 Å². The number of amides is 3. The Kier molecular flexibility index (Phi) is 18.6. The van der Waals surface area contributed by atoms with Crippen molar-refractivity contribution in [1.29, 1.82) is 0 Å². The van der Waals surface area contributed by atoms with E-state index in [0.717, 1.165) is 30.6 Å². The maximum atomic E-state index is 12.1. The number of carbonyl (C=O) groups is 3. The maximum Gasteiger partial charge on any atom is 0.264 e. The van der Waals surface area contributed by atoms with E-state index in [-0.39, 0.29) is 75.8 Å². The summed E-state index contributed by atoms with van der Waals surface area (Å²) in [6, 6.07) is 4.90. The molecule has 0 saturated carbocycles. The fraction of sp³-hybridized carbons (Fsp3) is 0.324. The van der Waals surface area contributed by atoms with Crippen molar-refractivity contribution in [3.05, 3.63) is 63.5 Å². The Labute approximate surface area is 361 Å². The van der Waals surface area contributed by atoms with Gasteiger partial charge in [-0.3, -0.25) is 19.4 Å². The van der Waals surface area contributed by atoms with Crippen LogP contribution in [0.1, 0.15) is 67.1 Å². The van der Waals surface area contributed by atoms with Crippen molar-refractivity contribution < 1.29 is 39.6 Å². The van der Waals surface area contributed by atoms with E-state index in [1.165, 1.54) is 19.3 Å². The fourth-order valence-corrected chi connectivity index (χ4v) is 10.4. The molecule has 5 rings (SSSR count). The molecule has 1 aliphatic rings. The summed E-state index contributed by atoms with van der Waals surface area (Å²) in [5.41, 5.74) is 18.1. The minimum absolute atomic E-state index is 0. The smallest absolute Gasteiger partial charge is 0.264 e. The fourth-order valence-electron chi connectivity index (χ4n) is 5.96. The van der Waals surface area contributed by atoms with Gasteiger partial charge in [-0.15, -0.1) is 48.0 Å². The van der Waals surface area contributed by atoms with E-state index in [0.29, 0.717) is 51.0 Å². The number of aromatic nitrogens is 2. The molecule has 0 aliphatic carbocycles. The zero-order chi connectivity index (χ0) is 40.4. The molecule has 0 unspecified atom stereocenters. The van der Waals surface area contributed by atoms with Gasteiger partial charge < -0.3 is 16.5 Å². The summed E-state index contributed by atoms with van der Waals surface area (Å²) in [7, 11) is -11.5. The first-order valence-electron chi connectivity index (χ1n) is 15.7. The normalized spacial score (nSPS) is 11.5. The Bertz CT molecular complexity index is 2540. The van der Waals surface area contributed by atoms with Gasteiger partial charge in [-0.05, 0) is 98.7 Å². The van der Waals surface area contributed by atoms with Crippen LogP contribution in [0, 0.1) is 41.5 Å². The average Bonchev–Trinajstić information content (AvgIpc) is 3.64. The number of hydrogen-bond acceptors (Lipinski definition) is 13. The molecule has 3 aromatic carbocycles. The predicted octanol–water partition coefficient (Wildman–Crippen LogP) is 4.56. The highest BCUT2D eigenvalue weighted by Crippen LogP contribution is 2.34. The number of aryl methyl sites for hydroxylation is 4. The lowest BCUT2D eigenvalue weighted by atomic mass is 10.0. The number of fused-ring (bicyclic) bond motifs is 2. The van der Waals surface area contributed by atoms with Gasteiger partial charge in [-0.2, -0.15) is 0 Å². The molecule has 0 bridgehead atoms. The quantitative estimate of drug-likeness (QED) is 0.115. The van der Waals surface area contributed by atoms with Crippen LogP contribution >= 0.6 is 48.0 Å². The molecule has 22 heteroatoms. The number of aromatic amines is 1. The second-order valence-electron chi connectivity index (χ2n) is 12.2. The number of rotatable bonds is 6. The van der Waals surface area contributed by atoms with Crippen LogP contribution in [-0.4, -0.2) is 59.2 Å². The summed E-state index contributed by atoms with van der Waals surface area (Å²) in [5.74, 6) is -1.86. The molecule has 0 radical (unpaired) electrons. The number of anilines is 2. The monoisotopic (exact) mass is 1060 g/mol. The molecular formula is C34H48I2N8O9S3. The van der Waals surface area contributed by atoms with Crippen molar-refractivity contribution in [1.82, 2.24) is 24.1 Å². The molecular weight excluding hydrogens is 1010 g/mol. The molecule has 1 aliphatic heterocycles. The first-order chi connectivity index (χ1) is 24.3. The van der Waals surface area contributed by atoms with Crippen LogP contribution in [0.4, 0.5) is 17.1 Å². The molecule has 1 aromatic heterocycles. The Morgan fingerprint density at radius 3 is 1.54 bits per heavy atom. The molecule has 0 saturated heterocycles. The van der Waals surface area contributed by atoms with Gasteiger partial charge in [0.15, 0.2) is 0 Å². The van der Waals surface area contributed by atoms with Gasteiger partial charge >= 0.3 is 0 Å². The Morgan fingerprint density at radius 2 is 1.07 bits per heavy atom. The molecule has 2 heterocycles. The van der Waals surface area contributed by atoms with E-state index in [2.05, 4.69) is 15.0 Å². The topological polar surface area (TPSA) is 283 Å². The number of imidazole rings is 1. The lowest BCUT2D eigenvalue weighted by molar-refractivity contribution is -0.118. The lowest BCUT2D eigenvalue weighted by Crippen LogP contribution is -2.29. The Hall–Kier alpha value is -3.88. The first kappa shape index (κ1) is 52.1. The van der Waals surface area contributed by atoms with Gasteiger partial charge in [0, 0.05) is 33.4 Å². The summed E-state index contributed by atoms with van der Waals surface area (Å²) >= 11 is 0. The average molecular weight is 1060 g/mol. The number of H-pyrrole nitrogens is 1. The highest BCUT2D eigenvalue weighted by atomic mass is 127. The highest BCUT2D eigenvalue weighted by molar-refractivity contribution is 14.0. The Balaban J connectivity index is 0.000000790. The van der Waals surface area contributed by atoms with Gasteiger partial charge in [0.1, 0.15) is 0 Å². The summed E-state index contributed by atoms with van der Waals surface area (Å²) in [6.45, 7) is 13.4. The number of nitrogens with two attached hydrogens (primary N) is 2. The molecule has 0 atom stereocenters. The van der Waals surface area contributed by atoms with E-state index in [1.54, 1.807) is 59.9 Å². The molecule has 4 aromatic rings. The zero-order valence-corrected chi connectivity index (χ0v) is 38.5. The molecule has 310 valence electrons. The number of nitrogens with zero attached hydrogens (tertiary/aromatic N) is 2. The predicted molar refractivity (Wildman–Crippen MR) is 239 cm³/mol. The second kappa shape index (κ2) is 20.0. The third kappa shape index (κ3) is 11.8. The van der Waals surface area contributed by atoms with Crippen LogP contribution in [0.5, 0.6) is 0 Å². The van der Waals surface area contributed by atoms with Crippen LogP contribution in [0.2, 0.25) is 0 Å². The number of aliphatic imine (C=N–C) groups is 1. The minimum Gasteiger partial charge on any atom is -0.397 e. The van der Waals surface area contributed by atoms with Gasteiger partial charge in [0.05, 0.1) is 49.1 Å². The molecule has 17 nitrogen and oxygen atoms in total. The summed E-state index contributed by atoms with van der Waals surface area (Å²) < 4.78 is 78.1. The number of sulfonamides is 3. The van der Waals surface area contributed by atoms with E-state index in [9.17, 15) is 39.6 Å². The number of benzene rings is 3. The third-order valence-electron chi connectivity index (χ3n) is 7.85. The van der Waals surface area contributed by atoms with Crippen LogP contribution in [0.25, 0.3) is 11.0 Å². The molecule has 0 spiro atoms. The number of nitrogens with one attached hydrogen (secondary N) is 4. The van der Waals surface area contributed by atoms with Gasteiger partial charge in [-0.1, -0.05) is 7.43 Å². The molecule has 0 fully saturated rings. The highest BCUT2D eigenvalue weighted by Gasteiger charge is 2.26. The maximum absolute atomic E-state index is 12.1. The van der Waals surface area contributed by atoms with Crippen molar-refractivity contribution in [3.63, 3.8) is 0 Å². The van der Waals surface area contributed by atoms with Crippen molar-refractivity contribution in [3.8, 4) is 0 Å². The van der Waals surface area contributed by atoms with Crippen molar-refractivity contribution in [2.24, 2.45) is 4.99 Å². The standard InChI is InChI=1S/C12H14N2O3S.C11H13N3O3S.C10H15N3O3S.CH4.2HI/c1-7-6-11-10(4-5-13-11)8(2)12(7)18(16,17)14-9(3)15;1-6-4-9-10(13-5-12-9)7(2)11(6)18(16,17)14-8(3)15;1-5-4-8(11)9(12)6(2)10(5)17(15,16)13-7(3)14;;;/h5-6H,4H2,1-3H3,(H,14,15);4-5H,1-3H3,(H,12,13)(H,14,15);4H,11-12H2,1-3H3,(H,13,14);1H4;2*1H. The van der Waals surface area contributed by atoms with Gasteiger partial charge in [0.25, 0.3) is 30.1 Å². The summed E-state index contributed by atoms with van der Waals surface area (Å²) in [4.78, 5) is 44.3. The second-order valence-corrected chi connectivity index (χ2v) is 17.1. The van der Waals surface area contributed by atoms with Crippen molar-refractivity contribution in [2.75, 3.05) is 11.5 Å². The largest absolute Gasteiger partial charge is 0.397 e.